The lowest BCUT2D eigenvalue weighted by Gasteiger charge is -2.30. The molecule has 0 aliphatic rings. The smallest absolute Gasteiger partial charge is 0.333 e. The molecule has 0 saturated carbocycles. The van der Waals surface area contributed by atoms with E-state index in [1.54, 1.807) is 13.8 Å². The zero-order valence-electron chi connectivity index (χ0n) is 22.6. The summed E-state index contributed by atoms with van der Waals surface area (Å²) in [6.45, 7) is 16.5. The molecule has 0 fully saturated rings. The quantitative estimate of drug-likeness (QED) is 0.145. The fourth-order valence-electron chi connectivity index (χ4n) is 3.71. The third-order valence-corrected chi connectivity index (χ3v) is 5.88. The van der Waals surface area contributed by atoms with Crippen molar-refractivity contribution in [3.63, 3.8) is 0 Å². The van der Waals surface area contributed by atoms with Gasteiger partial charge in [0, 0.05) is 27.7 Å². The van der Waals surface area contributed by atoms with Gasteiger partial charge in [0.1, 0.15) is 11.5 Å². The molecule has 2 rings (SSSR count). The minimum absolute atomic E-state index is 0.350. The molecule has 200 valence electrons. The Bertz CT molecular complexity index is 985. The van der Waals surface area contributed by atoms with Gasteiger partial charge in [-0.3, -0.25) is 0 Å². The highest BCUT2D eigenvalue weighted by atomic mass is 16.5. The van der Waals surface area contributed by atoms with Crippen molar-refractivity contribution in [2.75, 3.05) is 26.4 Å². The topological polar surface area (TPSA) is 71.1 Å². The highest BCUT2D eigenvalue weighted by Crippen LogP contribution is 2.41. The molecular formula is C31H40O6. The van der Waals surface area contributed by atoms with E-state index in [-0.39, 0.29) is 17.4 Å². The number of rotatable bonds is 16. The molecule has 0 radical (unpaired) electrons. The minimum atomic E-state index is -0.374. The van der Waals surface area contributed by atoms with Gasteiger partial charge in [0.05, 0.1) is 26.4 Å². The molecule has 0 spiro atoms. The number of para-hydroxylation sites is 2. The SMILES string of the molecule is C=C(C)C(=O)OCCCCOc1ccccc1C(C)(C)c1ccccc1OCCCCOC(=O)C(=C)C. The summed E-state index contributed by atoms with van der Waals surface area (Å²) in [6.07, 6.45) is 2.96. The summed E-state index contributed by atoms with van der Waals surface area (Å²) in [6, 6.07) is 16.1. The average molecular weight is 509 g/mol. The Labute approximate surface area is 221 Å². The van der Waals surface area contributed by atoms with Crippen LogP contribution in [-0.2, 0) is 24.5 Å². The Hall–Kier alpha value is -3.54. The Kier molecular flexibility index (Phi) is 11.9. The molecule has 0 aromatic heterocycles. The normalized spacial score (nSPS) is 10.9. The van der Waals surface area contributed by atoms with Crippen LogP contribution < -0.4 is 9.47 Å². The van der Waals surface area contributed by atoms with Crippen molar-refractivity contribution in [1.82, 2.24) is 0 Å². The van der Waals surface area contributed by atoms with Crippen molar-refractivity contribution < 1.29 is 28.5 Å². The van der Waals surface area contributed by atoms with Gasteiger partial charge in [-0.05, 0) is 51.7 Å². The lowest BCUT2D eigenvalue weighted by atomic mass is 9.77. The highest BCUT2D eigenvalue weighted by molar-refractivity contribution is 5.87. The first-order valence-electron chi connectivity index (χ1n) is 12.7. The van der Waals surface area contributed by atoms with Crippen LogP contribution in [-0.4, -0.2) is 38.4 Å². The number of hydrogen-bond acceptors (Lipinski definition) is 6. The van der Waals surface area contributed by atoms with Gasteiger partial charge < -0.3 is 18.9 Å². The van der Waals surface area contributed by atoms with Crippen LogP contribution >= 0.6 is 0 Å². The molecule has 6 heteroatoms. The van der Waals surface area contributed by atoms with Gasteiger partial charge in [-0.25, -0.2) is 9.59 Å². The van der Waals surface area contributed by atoms with E-state index >= 15 is 0 Å². The fraction of sp³-hybridized carbons (Fsp3) is 0.419. The lowest BCUT2D eigenvalue weighted by Crippen LogP contribution is -2.22. The van der Waals surface area contributed by atoms with Crippen molar-refractivity contribution in [3.8, 4) is 11.5 Å². The maximum Gasteiger partial charge on any atom is 0.333 e. The average Bonchev–Trinajstić information content (AvgIpc) is 2.88. The third kappa shape index (κ3) is 9.45. The van der Waals surface area contributed by atoms with E-state index in [2.05, 4.69) is 39.1 Å². The molecule has 0 aliphatic carbocycles. The number of hydrogen-bond donors (Lipinski definition) is 0. The van der Waals surface area contributed by atoms with E-state index in [0.717, 1.165) is 35.5 Å². The first kappa shape index (κ1) is 29.7. The second-order valence-corrected chi connectivity index (χ2v) is 9.56. The second-order valence-electron chi connectivity index (χ2n) is 9.56. The molecule has 6 nitrogen and oxygen atoms in total. The molecular weight excluding hydrogens is 468 g/mol. The molecule has 0 saturated heterocycles. The summed E-state index contributed by atoms with van der Waals surface area (Å²) in [4.78, 5) is 23.0. The molecule has 0 amide bonds. The monoisotopic (exact) mass is 508 g/mol. The Morgan fingerprint density at radius 1 is 0.649 bits per heavy atom. The largest absolute Gasteiger partial charge is 0.493 e. The molecule has 2 aromatic carbocycles. The van der Waals surface area contributed by atoms with Crippen LogP contribution in [0.2, 0.25) is 0 Å². The Balaban J connectivity index is 1.96. The predicted octanol–water partition coefficient (Wildman–Crippen LogP) is 6.57. The second kappa shape index (κ2) is 14.9. The Morgan fingerprint density at radius 2 is 1.00 bits per heavy atom. The number of unbranched alkanes of at least 4 members (excludes halogenated alkanes) is 2. The van der Waals surface area contributed by atoms with E-state index in [0.29, 0.717) is 50.4 Å². The zero-order valence-corrected chi connectivity index (χ0v) is 22.6. The van der Waals surface area contributed by atoms with Crippen molar-refractivity contribution in [1.29, 1.82) is 0 Å². The van der Waals surface area contributed by atoms with E-state index in [9.17, 15) is 9.59 Å². The van der Waals surface area contributed by atoms with Gasteiger partial charge in [0.25, 0.3) is 0 Å². The van der Waals surface area contributed by atoms with Gasteiger partial charge >= 0.3 is 11.9 Å². The summed E-state index contributed by atoms with van der Waals surface area (Å²) in [5.74, 6) is 0.918. The zero-order chi connectivity index (χ0) is 27.3. The molecule has 37 heavy (non-hydrogen) atoms. The number of benzene rings is 2. The summed E-state index contributed by atoms with van der Waals surface area (Å²) >= 11 is 0. The maximum atomic E-state index is 11.5. The van der Waals surface area contributed by atoms with Crippen LogP contribution in [0.1, 0.15) is 64.5 Å². The molecule has 2 aromatic rings. The summed E-state index contributed by atoms with van der Waals surface area (Å²) < 4.78 is 22.6. The minimum Gasteiger partial charge on any atom is -0.493 e. The standard InChI is InChI=1S/C31H40O6/c1-23(2)29(32)36-21-13-11-19-34-27-17-9-7-15-25(27)31(5,6)26-16-8-10-18-28(26)35-20-12-14-22-37-30(33)24(3)4/h7-10,15-18H,1,3,11-14,19-22H2,2,4-6H3. The van der Waals surface area contributed by atoms with Crippen molar-refractivity contribution in [2.45, 2.75) is 58.8 Å². The van der Waals surface area contributed by atoms with Gasteiger partial charge in [-0.2, -0.15) is 0 Å². The van der Waals surface area contributed by atoms with E-state index in [1.165, 1.54) is 0 Å². The maximum absolute atomic E-state index is 11.5. The van der Waals surface area contributed by atoms with Gasteiger partial charge in [-0.1, -0.05) is 63.4 Å². The number of ether oxygens (including phenoxy) is 4. The van der Waals surface area contributed by atoms with Crippen LogP contribution in [0.25, 0.3) is 0 Å². The third-order valence-electron chi connectivity index (χ3n) is 5.88. The molecule has 0 aliphatic heterocycles. The van der Waals surface area contributed by atoms with Crippen LogP contribution in [0, 0.1) is 0 Å². The van der Waals surface area contributed by atoms with E-state index in [4.69, 9.17) is 18.9 Å². The van der Waals surface area contributed by atoms with Gasteiger partial charge in [-0.15, -0.1) is 0 Å². The first-order valence-corrected chi connectivity index (χ1v) is 12.7. The Morgan fingerprint density at radius 3 is 1.38 bits per heavy atom. The van der Waals surface area contributed by atoms with Crippen molar-refractivity contribution >= 4 is 11.9 Å². The lowest BCUT2D eigenvalue weighted by molar-refractivity contribution is -0.139. The number of carbonyl (C=O) groups is 2. The van der Waals surface area contributed by atoms with Crippen LogP contribution in [0.15, 0.2) is 72.8 Å². The van der Waals surface area contributed by atoms with E-state index < -0.39 is 0 Å². The molecule has 0 atom stereocenters. The van der Waals surface area contributed by atoms with Crippen molar-refractivity contribution in [3.05, 3.63) is 84.0 Å². The fourth-order valence-corrected chi connectivity index (χ4v) is 3.71. The number of carbonyl (C=O) groups excluding carboxylic acids is 2. The van der Waals surface area contributed by atoms with Crippen LogP contribution in [0.4, 0.5) is 0 Å². The summed E-state index contributed by atoms with van der Waals surface area (Å²) in [5, 5.41) is 0. The van der Waals surface area contributed by atoms with Crippen LogP contribution in [0.5, 0.6) is 11.5 Å². The van der Waals surface area contributed by atoms with E-state index in [1.807, 2.05) is 36.4 Å². The predicted molar refractivity (Wildman–Crippen MR) is 146 cm³/mol. The summed E-state index contributed by atoms with van der Waals surface area (Å²) in [7, 11) is 0. The number of esters is 2. The first-order chi connectivity index (χ1) is 17.6. The van der Waals surface area contributed by atoms with Crippen molar-refractivity contribution in [2.24, 2.45) is 0 Å². The molecule has 0 bridgehead atoms. The van der Waals surface area contributed by atoms with Gasteiger partial charge in [0.15, 0.2) is 0 Å². The van der Waals surface area contributed by atoms with Gasteiger partial charge in [0.2, 0.25) is 0 Å². The molecule has 0 N–H and O–H groups in total. The molecule has 0 heterocycles. The highest BCUT2D eigenvalue weighted by Gasteiger charge is 2.29. The van der Waals surface area contributed by atoms with Crippen LogP contribution in [0.3, 0.4) is 0 Å². The molecule has 0 unspecified atom stereocenters. The summed E-state index contributed by atoms with van der Waals surface area (Å²) in [5.41, 5.74) is 2.56.